The minimum absolute atomic E-state index is 0.0504. The van der Waals surface area contributed by atoms with Gasteiger partial charge in [0.2, 0.25) is 0 Å². The fourth-order valence-corrected chi connectivity index (χ4v) is 4.66. The van der Waals surface area contributed by atoms with Crippen molar-refractivity contribution in [3.05, 3.63) is 77.6 Å². The molecule has 3 aromatic rings. The van der Waals surface area contributed by atoms with Crippen molar-refractivity contribution in [2.75, 3.05) is 39.4 Å². The molecule has 0 aliphatic carbocycles. The molecule has 1 atom stereocenters. The molecule has 3 heterocycles. The molecule has 0 saturated carbocycles. The van der Waals surface area contributed by atoms with Crippen molar-refractivity contribution < 1.29 is 24.5 Å². The fourth-order valence-electron chi connectivity index (χ4n) is 4.66. The van der Waals surface area contributed by atoms with E-state index >= 15 is 0 Å². The number of aromatic hydroxyl groups is 1. The number of phenols is 1. The van der Waals surface area contributed by atoms with E-state index in [4.69, 9.17) is 4.74 Å². The Morgan fingerprint density at radius 1 is 1.03 bits per heavy atom. The van der Waals surface area contributed by atoms with Crippen LogP contribution in [0.1, 0.15) is 17.2 Å². The SMILES string of the molecule is O=C1C(=O)N(CCN2CCOCC2)C(c2cccnc2)C1=C(O)c1ccc2ccccc2c1O. The van der Waals surface area contributed by atoms with Crippen LogP contribution in [0.5, 0.6) is 5.75 Å². The van der Waals surface area contributed by atoms with Crippen molar-refractivity contribution in [1.82, 2.24) is 14.8 Å². The number of benzene rings is 2. The zero-order chi connectivity index (χ0) is 23.7. The number of likely N-dealkylation sites (tertiary alicyclic amines) is 1. The van der Waals surface area contributed by atoms with Crippen LogP contribution in [0.3, 0.4) is 0 Å². The molecule has 8 nitrogen and oxygen atoms in total. The topological polar surface area (TPSA) is 103 Å². The summed E-state index contributed by atoms with van der Waals surface area (Å²) in [5.74, 6) is -1.99. The first-order valence-electron chi connectivity index (χ1n) is 11.3. The van der Waals surface area contributed by atoms with Crippen LogP contribution in [-0.4, -0.2) is 76.1 Å². The predicted molar refractivity (Wildman–Crippen MR) is 126 cm³/mol. The lowest BCUT2D eigenvalue weighted by Crippen LogP contribution is -2.42. The van der Waals surface area contributed by atoms with Crippen LogP contribution in [0, 0.1) is 0 Å². The molecule has 34 heavy (non-hydrogen) atoms. The molecule has 2 fully saturated rings. The summed E-state index contributed by atoms with van der Waals surface area (Å²) in [4.78, 5) is 34.1. The molecule has 2 N–H and O–H groups in total. The summed E-state index contributed by atoms with van der Waals surface area (Å²) in [6, 6.07) is 13.2. The van der Waals surface area contributed by atoms with Gasteiger partial charge in [-0.05, 0) is 23.1 Å². The van der Waals surface area contributed by atoms with Gasteiger partial charge in [0, 0.05) is 44.0 Å². The largest absolute Gasteiger partial charge is 0.507 e. The maximum atomic E-state index is 13.2. The van der Waals surface area contributed by atoms with E-state index in [9.17, 15) is 19.8 Å². The molecule has 8 heteroatoms. The van der Waals surface area contributed by atoms with Crippen molar-refractivity contribution in [2.45, 2.75) is 6.04 Å². The number of aliphatic hydroxyl groups is 1. The van der Waals surface area contributed by atoms with Gasteiger partial charge in [-0.25, -0.2) is 0 Å². The maximum absolute atomic E-state index is 13.2. The first-order valence-corrected chi connectivity index (χ1v) is 11.3. The summed E-state index contributed by atoms with van der Waals surface area (Å²) in [7, 11) is 0. The molecule has 174 valence electrons. The number of aromatic nitrogens is 1. The lowest BCUT2D eigenvalue weighted by atomic mass is 9.95. The third kappa shape index (κ3) is 3.91. The van der Waals surface area contributed by atoms with Gasteiger partial charge >= 0.3 is 0 Å². The van der Waals surface area contributed by atoms with E-state index in [2.05, 4.69) is 9.88 Å². The predicted octanol–water partition coefficient (Wildman–Crippen LogP) is 2.69. The van der Waals surface area contributed by atoms with Crippen molar-refractivity contribution in [2.24, 2.45) is 0 Å². The van der Waals surface area contributed by atoms with E-state index < -0.39 is 23.5 Å². The number of carbonyl (C=O) groups is 2. The van der Waals surface area contributed by atoms with Crippen LogP contribution >= 0.6 is 0 Å². The van der Waals surface area contributed by atoms with Gasteiger partial charge in [-0.15, -0.1) is 0 Å². The second-order valence-electron chi connectivity index (χ2n) is 8.42. The molecule has 0 bridgehead atoms. The second kappa shape index (κ2) is 9.24. The number of aliphatic hydroxyl groups excluding tert-OH is 1. The van der Waals surface area contributed by atoms with Gasteiger partial charge in [-0.3, -0.25) is 19.5 Å². The van der Waals surface area contributed by atoms with Crippen molar-refractivity contribution >= 4 is 28.2 Å². The Labute approximate surface area is 196 Å². The summed E-state index contributed by atoms with van der Waals surface area (Å²) in [5.41, 5.74) is 0.676. The summed E-state index contributed by atoms with van der Waals surface area (Å²) in [5, 5.41) is 23.5. The highest BCUT2D eigenvalue weighted by Crippen LogP contribution is 2.41. The molecule has 2 saturated heterocycles. The van der Waals surface area contributed by atoms with Gasteiger partial charge in [0.25, 0.3) is 11.7 Å². The highest BCUT2D eigenvalue weighted by Gasteiger charge is 2.46. The summed E-state index contributed by atoms with van der Waals surface area (Å²) in [6.07, 6.45) is 3.20. The Morgan fingerprint density at radius 2 is 1.82 bits per heavy atom. The first-order chi connectivity index (χ1) is 16.6. The highest BCUT2D eigenvalue weighted by atomic mass is 16.5. The number of hydrogen-bond acceptors (Lipinski definition) is 7. The van der Waals surface area contributed by atoms with E-state index in [0.717, 1.165) is 18.5 Å². The van der Waals surface area contributed by atoms with Crippen LogP contribution < -0.4 is 0 Å². The normalized spacial score (nSPS) is 20.8. The van der Waals surface area contributed by atoms with E-state index in [-0.39, 0.29) is 16.9 Å². The zero-order valence-corrected chi connectivity index (χ0v) is 18.6. The molecule has 5 rings (SSSR count). The van der Waals surface area contributed by atoms with Crippen LogP contribution in [0.2, 0.25) is 0 Å². The lowest BCUT2D eigenvalue weighted by Gasteiger charge is -2.30. The fraction of sp³-hybridized carbons (Fsp3) is 0.269. The Balaban J connectivity index is 1.58. The first kappa shape index (κ1) is 22.1. The van der Waals surface area contributed by atoms with E-state index in [1.165, 1.54) is 4.90 Å². The van der Waals surface area contributed by atoms with Crippen LogP contribution in [0.15, 0.2) is 66.5 Å². The summed E-state index contributed by atoms with van der Waals surface area (Å²) < 4.78 is 5.39. The van der Waals surface area contributed by atoms with E-state index in [1.54, 1.807) is 48.8 Å². The zero-order valence-electron chi connectivity index (χ0n) is 18.6. The molecule has 1 aromatic heterocycles. The Morgan fingerprint density at radius 3 is 2.59 bits per heavy atom. The Hall–Kier alpha value is -3.75. The molecule has 0 radical (unpaired) electrons. The van der Waals surface area contributed by atoms with Gasteiger partial charge in [0.1, 0.15) is 11.5 Å². The third-order valence-corrected chi connectivity index (χ3v) is 6.46. The summed E-state index contributed by atoms with van der Waals surface area (Å²) in [6.45, 7) is 3.66. The van der Waals surface area contributed by atoms with Crippen molar-refractivity contribution in [3.63, 3.8) is 0 Å². The number of hydrogen-bond donors (Lipinski definition) is 2. The minimum Gasteiger partial charge on any atom is -0.507 e. The number of ketones is 1. The van der Waals surface area contributed by atoms with Gasteiger partial charge in [-0.2, -0.15) is 0 Å². The highest BCUT2D eigenvalue weighted by molar-refractivity contribution is 6.46. The number of amides is 1. The van der Waals surface area contributed by atoms with Crippen molar-refractivity contribution in [3.8, 4) is 5.75 Å². The van der Waals surface area contributed by atoms with Crippen molar-refractivity contribution in [1.29, 1.82) is 0 Å². The third-order valence-electron chi connectivity index (χ3n) is 6.46. The number of pyridine rings is 1. The van der Waals surface area contributed by atoms with Crippen LogP contribution in [-0.2, 0) is 14.3 Å². The average Bonchev–Trinajstić information content (AvgIpc) is 3.13. The number of nitrogens with zero attached hydrogens (tertiary/aromatic N) is 3. The summed E-state index contributed by atoms with van der Waals surface area (Å²) >= 11 is 0. The smallest absolute Gasteiger partial charge is 0.295 e. The lowest BCUT2D eigenvalue weighted by molar-refractivity contribution is -0.140. The van der Waals surface area contributed by atoms with Crippen LogP contribution in [0.25, 0.3) is 16.5 Å². The van der Waals surface area contributed by atoms with Gasteiger partial charge in [-0.1, -0.05) is 36.4 Å². The number of ether oxygens (including phenoxy) is 1. The second-order valence-corrected chi connectivity index (χ2v) is 8.42. The Kier molecular flexibility index (Phi) is 6.00. The number of phenolic OH excluding ortho intramolecular Hbond substituents is 1. The Bertz CT molecular complexity index is 1270. The molecule has 2 aliphatic heterocycles. The van der Waals surface area contributed by atoms with Crippen LogP contribution in [0.4, 0.5) is 0 Å². The molecule has 2 aromatic carbocycles. The van der Waals surface area contributed by atoms with Gasteiger partial charge < -0.3 is 19.8 Å². The van der Waals surface area contributed by atoms with Gasteiger partial charge in [0.15, 0.2) is 0 Å². The number of Topliss-reactive ketones (excluding diaryl/α,β-unsaturated/α-hetero) is 1. The average molecular weight is 460 g/mol. The molecular weight excluding hydrogens is 434 g/mol. The number of carbonyl (C=O) groups excluding carboxylic acids is 2. The molecule has 0 spiro atoms. The standard InChI is InChI=1S/C26H25N3O5/c30-23-19-6-2-1-4-17(19)7-8-20(23)24(31)21-22(18-5-3-9-27-16-18)29(26(33)25(21)32)11-10-28-12-14-34-15-13-28/h1-9,16,22,30-31H,10-15H2. The quantitative estimate of drug-likeness (QED) is 0.344. The maximum Gasteiger partial charge on any atom is 0.295 e. The molecule has 2 aliphatic rings. The monoisotopic (exact) mass is 459 g/mol. The number of fused-ring (bicyclic) bond motifs is 1. The van der Waals surface area contributed by atoms with E-state index in [0.29, 0.717) is 37.3 Å². The molecule has 1 unspecified atom stereocenters. The number of morpholine rings is 1. The minimum atomic E-state index is -0.805. The van der Waals surface area contributed by atoms with E-state index in [1.807, 2.05) is 12.1 Å². The number of rotatable bonds is 5. The molecule has 1 amide bonds. The van der Waals surface area contributed by atoms with Gasteiger partial charge in [0.05, 0.1) is 30.4 Å². The molecular formula is C26H25N3O5.